The predicted octanol–water partition coefficient (Wildman–Crippen LogP) is 2.01. The molecule has 0 heterocycles. The molecule has 3 N–H and O–H groups in total. The van der Waals surface area contributed by atoms with E-state index in [4.69, 9.17) is 5.73 Å². The summed E-state index contributed by atoms with van der Waals surface area (Å²) in [5.41, 5.74) is 5.75. The van der Waals surface area contributed by atoms with E-state index < -0.39 is 0 Å². The standard InChI is InChI=1S/C13H26N2OS/c1-10(17-2)7-8-15-13(16)12-6-4-3-5-11(12)9-14/h10-12H,3-9,14H2,1-2H3,(H,15,16). The second-order valence-electron chi connectivity index (χ2n) is 5.01. The summed E-state index contributed by atoms with van der Waals surface area (Å²) in [5.74, 6) is 0.800. The van der Waals surface area contributed by atoms with Crippen molar-refractivity contribution in [3.05, 3.63) is 0 Å². The van der Waals surface area contributed by atoms with Gasteiger partial charge < -0.3 is 11.1 Å². The lowest BCUT2D eigenvalue weighted by atomic mass is 9.79. The fraction of sp³-hybridized carbons (Fsp3) is 0.923. The molecule has 0 aliphatic heterocycles. The molecule has 0 saturated heterocycles. The molecule has 3 atom stereocenters. The first-order valence-corrected chi connectivity index (χ1v) is 7.98. The van der Waals surface area contributed by atoms with E-state index in [1.165, 1.54) is 12.8 Å². The Kier molecular flexibility index (Phi) is 6.97. The van der Waals surface area contributed by atoms with E-state index in [1.807, 2.05) is 11.8 Å². The zero-order chi connectivity index (χ0) is 12.7. The van der Waals surface area contributed by atoms with Gasteiger partial charge in [-0.25, -0.2) is 0 Å². The number of carbonyl (C=O) groups excluding carboxylic acids is 1. The molecule has 4 heteroatoms. The molecule has 1 fully saturated rings. The highest BCUT2D eigenvalue weighted by Crippen LogP contribution is 2.29. The molecule has 0 radical (unpaired) electrons. The molecule has 0 spiro atoms. The van der Waals surface area contributed by atoms with Crippen LogP contribution in [-0.2, 0) is 4.79 Å². The molecular formula is C13H26N2OS. The van der Waals surface area contributed by atoms with E-state index in [1.54, 1.807) is 0 Å². The summed E-state index contributed by atoms with van der Waals surface area (Å²) < 4.78 is 0. The molecule has 1 saturated carbocycles. The van der Waals surface area contributed by atoms with Crippen molar-refractivity contribution < 1.29 is 4.79 Å². The number of amides is 1. The van der Waals surface area contributed by atoms with Crippen LogP contribution >= 0.6 is 11.8 Å². The van der Waals surface area contributed by atoms with Crippen molar-refractivity contribution in [3.63, 3.8) is 0 Å². The van der Waals surface area contributed by atoms with Gasteiger partial charge in [-0.2, -0.15) is 11.8 Å². The quantitative estimate of drug-likeness (QED) is 0.766. The Bertz CT molecular complexity index is 235. The summed E-state index contributed by atoms with van der Waals surface area (Å²) in [6.07, 6.45) is 7.71. The first kappa shape index (κ1) is 14.8. The fourth-order valence-electron chi connectivity index (χ4n) is 2.48. The van der Waals surface area contributed by atoms with Crippen LogP contribution in [0.2, 0.25) is 0 Å². The highest BCUT2D eigenvalue weighted by atomic mass is 32.2. The minimum atomic E-state index is 0.165. The van der Waals surface area contributed by atoms with Crippen LogP contribution in [0.15, 0.2) is 0 Å². The topological polar surface area (TPSA) is 55.1 Å². The van der Waals surface area contributed by atoms with E-state index in [-0.39, 0.29) is 11.8 Å². The maximum atomic E-state index is 12.1. The number of thioether (sulfide) groups is 1. The fourth-order valence-corrected chi connectivity index (χ4v) is 2.84. The van der Waals surface area contributed by atoms with Gasteiger partial charge >= 0.3 is 0 Å². The van der Waals surface area contributed by atoms with Gasteiger partial charge in [-0.1, -0.05) is 19.8 Å². The zero-order valence-corrected chi connectivity index (χ0v) is 11.9. The summed E-state index contributed by atoms with van der Waals surface area (Å²) >= 11 is 1.85. The number of nitrogens with one attached hydrogen (secondary N) is 1. The number of nitrogens with two attached hydrogens (primary N) is 1. The van der Waals surface area contributed by atoms with Gasteiger partial charge in [0.25, 0.3) is 0 Å². The zero-order valence-electron chi connectivity index (χ0n) is 11.1. The van der Waals surface area contributed by atoms with Gasteiger partial charge in [-0.15, -0.1) is 0 Å². The molecular weight excluding hydrogens is 232 g/mol. The van der Waals surface area contributed by atoms with Gasteiger partial charge in [-0.3, -0.25) is 4.79 Å². The molecule has 17 heavy (non-hydrogen) atoms. The average Bonchev–Trinajstić information content (AvgIpc) is 2.38. The first-order chi connectivity index (χ1) is 8.19. The van der Waals surface area contributed by atoms with Crippen molar-refractivity contribution >= 4 is 17.7 Å². The first-order valence-electron chi connectivity index (χ1n) is 6.69. The van der Waals surface area contributed by atoms with E-state index >= 15 is 0 Å². The third kappa shape index (κ3) is 4.88. The van der Waals surface area contributed by atoms with Crippen LogP contribution in [0.25, 0.3) is 0 Å². The van der Waals surface area contributed by atoms with Gasteiger partial charge in [0.15, 0.2) is 0 Å². The largest absolute Gasteiger partial charge is 0.356 e. The molecule has 1 rings (SSSR count). The Morgan fingerprint density at radius 3 is 2.82 bits per heavy atom. The average molecular weight is 258 g/mol. The van der Waals surface area contributed by atoms with Crippen molar-refractivity contribution in [1.29, 1.82) is 0 Å². The molecule has 1 amide bonds. The molecule has 0 aromatic rings. The van der Waals surface area contributed by atoms with Crippen molar-refractivity contribution in [2.24, 2.45) is 17.6 Å². The summed E-state index contributed by atoms with van der Waals surface area (Å²) in [4.78, 5) is 12.1. The Labute approximate surface area is 109 Å². The second kappa shape index (κ2) is 7.98. The van der Waals surface area contributed by atoms with Crippen molar-refractivity contribution in [2.75, 3.05) is 19.3 Å². The smallest absolute Gasteiger partial charge is 0.223 e. The maximum Gasteiger partial charge on any atom is 0.223 e. The third-order valence-corrected chi connectivity index (χ3v) is 4.84. The molecule has 0 aromatic carbocycles. The van der Waals surface area contributed by atoms with Crippen LogP contribution in [0.4, 0.5) is 0 Å². The van der Waals surface area contributed by atoms with Crippen molar-refractivity contribution in [1.82, 2.24) is 5.32 Å². The molecule has 1 aliphatic carbocycles. The van der Waals surface area contributed by atoms with E-state index in [9.17, 15) is 4.79 Å². The monoisotopic (exact) mass is 258 g/mol. The lowest BCUT2D eigenvalue weighted by Crippen LogP contribution is -2.40. The molecule has 1 aliphatic rings. The molecule has 0 bridgehead atoms. The van der Waals surface area contributed by atoms with Crippen LogP contribution in [0.5, 0.6) is 0 Å². The molecule has 0 aromatic heterocycles. The maximum absolute atomic E-state index is 12.1. The normalized spacial score (nSPS) is 26.5. The number of hydrogen-bond acceptors (Lipinski definition) is 3. The van der Waals surface area contributed by atoms with E-state index in [2.05, 4.69) is 18.5 Å². The van der Waals surface area contributed by atoms with E-state index in [0.29, 0.717) is 17.7 Å². The SMILES string of the molecule is CSC(C)CCNC(=O)C1CCCCC1CN. The molecule has 3 unspecified atom stereocenters. The number of hydrogen-bond donors (Lipinski definition) is 2. The van der Waals surface area contributed by atoms with Crippen LogP contribution in [0.3, 0.4) is 0 Å². The van der Waals surface area contributed by atoms with Gasteiger partial charge in [-0.05, 0) is 38.0 Å². The summed E-state index contributed by atoms with van der Waals surface area (Å²) in [7, 11) is 0. The summed E-state index contributed by atoms with van der Waals surface area (Å²) in [5, 5.41) is 3.69. The summed E-state index contributed by atoms with van der Waals surface area (Å²) in [6, 6.07) is 0. The van der Waals surface area contributed by atoms with Gasteiger partial charge in [0.05, 0.1) is 0 Å². The highest BCUT2D eigenvalue weighted by molar-refractivity contribution is 7.99. The van der Waals surface area contributed by atoms with Crippen LogP contribution in [0, 0.1) is 11.8 Å². The van der Waals surface area contributed by atoms with Crippen LogP contribution in [-0.4, -0.2) is 30.5 Å². The minimum absolute atomic E-state index is 0.165. The van der Waals surface area contributed by atoms with Crippen molar-refractivity contribution in [2.45, 2.75) is 44.3 Å². The minimum Gasteiger partial charge on any atom is -0.356 e. The molecule has 3 nitrogen and oxygen atoms in total. The Hall–Kier alpha value is -0.220. The number of rotatable bonds is 6. The summed E-state index contributed by atoms with van der Waals surface area (Å²) in [6.45, 7) is 3.65. The Morgan fingerprint density at radius 2 is 2.18 bits per heavy atom. The van der Waals surface area contributed by atoms with Gasteiger partial charge in [0.1, 0.15) is 0 Å². The number of carbonyl (C=O) groups is 1. The van der Waals surface area contributed by atoms with Gasteiger partial charge in [0, 0.05) is 17.7 Å². The predicted molar refractivity (Wildman–Crippen MR) is 75.1 cm³/mol. The third-order valence-electron chi connectivity index (χ3n) is 3.80. The van der Waals surface area contributed by atoms with Crippen LogP contribution in [0.1, 0.15) is 39.0 Å². The lowest BCUT2D eigenvalue weighted by Gasteiger charge is -2.29. The van der Waals surface area contributed by atoms with Crippen molar-refractivity contribution in [3.8, 4) is 0 Å². The Balaban J connectivity index is 2.30. The lowest BCUT2D eigenvalue weighted by molar-refractivity contribution is -0.127. The van der Waals surface area contributed by atoms with Crippen LogP contribution < -0.4 is 11.1 Å². The van der Waals surface area contributed by atoms with Gasteiger partial charge in [0.2, 0.25) is 5.91 Å². The second-order valence-corrected chi connectivity index (χ2v) is 6.29. The molecule has 100 valence electrons. The highest BCUT2D eigenvalue weighted by Gasteiger charge is 2.29. The van der Waals surface area contributed by atoms with E-state index in [0.717, 1.165) is 25.8 Å². The Morgan fingerprint density at radius 1 is 1.47 bits per heavy atom.